The normalized spacial score (nSPS) is 10.6. The summed E-state index contributed by atoms with van der Waals surface area (Å²) in [5.74, 6) is 1.18. The minimum Gasteiger partial charge on any atom is -0.493 e. The lowest BCUT2D eigenvalue weighted by Gasteiger charge is -2.10. The summed E-state index contributed by atoms with van der Waals surface area (Å²) in [4.78, 5) is 11.8. The average Bonchev–Trinajstić information content (AvgIpc) is 2.61. The molecule has 0 fully saturated rings. The standard InChI is InChI=1S/C19H22N2O3/c1-3-11-24-18-12-16(9-10-17(18)23-2)14-20-21-19(22)13-15-7-5-4-6-8-15/h4-10,12,14H,3,11,13H2,1-2H3,(H,21,22)/b20-14-. The summed E-state index contributed by atoms with van der Waals surface area (Å²) >= 11 is 0. The molecule has 0 bridgehead atoms. The molecule has 0 aromatic heterocycles. The number of methoxy groups -OCH3 is 1. The molecule has 126 valence electrons. The molecular formula is C19H22N2O3. The molecule has 0 heterocycles. The monoisotopic (exact) mass is 326 g/mol. The molecule has 0 saturated heterocycles. The van der Waals surface area contributed by atoms with Crippen LogP contribution in [-0.2, 0) is 11.2 Å². The van der Waals surface area contributed by atoms with Crippen LogP contribution in [0.2, 0.25) is 0 Å². The highest BCUT2D eigenvalue weighted by Crippen LogP contribution is 2.27. The van der Waals surface area contributed by atoms with Crippen molar-refractivity contribution in [3.63, 3.8) is 0 Å². The van der Waals surface area contributed by atoms with Crippen LogP contribution in [0.25, 0.3) is 0 Å². The lowest BCUT2D eigenvalue weighted by atomic mass is 10.1. The van der Waals surface area contributed by atoms with Crippen molar-refractivity contribution in [3.8, 4) is 11.5 Å². The van der Waals surface area contributed by atoms with Gasteiger partial charge < -0.3 is 9.47 Å². The fraction of sp³-hybridized carbons (Fsp3) is 0.263. The fourth-order valence-corrected chi connectivity index (χ4v) is 2.10. The van der Waals surface area contributed by atoms with Crippen molar-refractivity contribution >= 4 is 12.1 Å². The van der Waals surface area contributed by atoms with Crippen molar-refractivity contribution in [2.75, 3.05) is 13.7 Å². The number of carbonyl (C=O) groups is 1. The van der Waals surface area contributed by atoms with Crippen LogP contribution in [0.5, 0.6) is 11.5 Å². The predicted molar refractivity (Wildman–Crippen MR) is 94.7 cm³/mol. The third-order valence-corrected chi connectivity index (χ3v) is 3.26. The highest BCUT2D eigenvalue weighted by Gasteiger charge is 2.05. The summed E-state index contributed by atoms with van der Waals surface area (Å²) in [6.45, 7) is 2.66. The molecule has 0 aliphatic rings. The molecule has 1 N–H and O–H groups in total. The summed E-state index contributed by atoms with van der Waals surface area (Å²) in [5, 5.41) is 3.99. The fourth-order valence-electron chi connectivity index (χ4n) is 2.10. The van der Waals surface area contributed by atoms with Crippen LogP contribution in [-0.4, -0.2) is 25.8 Å². The summed E-state index contributed by atoms with van der Waals surface area (Å²) in [6, 6.07) is 15.0. The van der Waals surface area contributed by atoms with Gasteiger partial charge in [0, 0.05) is 0 Å². The van der Waals surface area contributed by atoms with E-state index in [0.29, 0.717) is 24.5 Å². The Morgan fingerprint density at radius 2 is 1.96 bits per heavy atom. The maximum absolute atomic E-state index is 11.8. The molecular weight excluding hydrogens is 304 g/mol. The van der Waals surface area contributed by atoms with Crippen LogP contribution in [0.15, 0.2) is 53.6 Å². The molecule has 0 radical (unpaired) electrons. The Labute approximate surface area is 142 Å². The molecule has 0 atom stereocenters. The summed E-state index contributed by atoms with van der Waals surface area (Å²) in [6.07, 6.45) is 2.80. The number of nitrogens with zero attached hydrogens (tertiary/aromatic N) is 1. The van der Waals surface area contributed by atoms with E-state index >= 15 is 0 Å². The van der Waals surface area contributed by atoms with Crippen LogP contribution in [0.3, 0.4) is 0 Å². The van der Waals surface area contributed by atoms with E-state index in [1.807, 2.05) is 55.5 Å². The van der Waals surface area contributed by atoms with Crippen LogP contribution in [0, 0.1) is 0 Å². The summed E-state index contributed by atoms with van der Waals surface area (Å²) in [7, 11) is 1.60. The number of nitrogens with one attached hydrogen (secondary N) is 1. The van der Waals surface area contributed by atoms with Crippen LogP contribution >= 0.6 is 0 Å². The molecule has 2 aromatic carbocycles. The Kier molecular flexibility index (Phi) is 6.83. The quantitative estimate of drug-likeness (QED) is 0.599. The Morgan fingerprint density at radius 1 is 1.17 bits per heavy atom. The largest absolute Gasteiger partial charge is 0.493 e. The second-order valence-electron chi connectivity index (χ2n) is 5.21. The van der Waals surface area contributed by atoms with Crippen LogP contribution in [0.1, 0.15) is 24.5 Å². The van der Waals surface area contributed by atoms with Crippen molar-refractivity contribution < 1.29 is 14.3 Å². The first kappa shape index (κ1) is 17.5. The second-order valence-corrected chi connectivity index (χ2v) is 5.21. The first-order valence-electron chi connectivity index (χ1n) is 7.89. The number of ether oxygens (including phenoxy) is 2. The molecule has 5 heteroatoms. The Bertz CT molecular complexity index is 684. The maximum atomic E-state index is 11.8. The Morgan fingerprint density at radius 3 is 2.67 bits per heavy atom. The number of carbonyl (C=O) groups excluding carboxylic acids is 1. The number of hydrogen-bond donors (Lipinski definition) is 1. The van der Waals surface area contributed by atoms with Gasteiger partial charge in [-0.3, -0.25) is 4.79 Å². The van der Waals surface area contributed by atoms with Gasteiger partial charge in [0.25, 0.3) is 0 Å². The zero-order valence-electron chi connectivity index (χ0n) is 14.0. The van der Waals surface area contributed by atoms with Crippen LogP contribution < -0.4 is 14.9 Å². The van der Waals surface area contributed by atoms with Gasteiger partial charge in [-0.05, 0) is 35.7 Å². The van der Waals surface area contributed by atoms with Crippen molar-refractivity contribution in [2.24, 2.45) is 5.10 Å². The molecule has 1 amide bonds. The first-order chi connectivity index (χ1) is 11.7. The highest BCUT2D eigenvalue weighted by atomic mass is 16.5. The molecule has 0 saturated carbocycles. The van der Waals surface area contributed by atoms with Gasteiger partial charge in [-0.1, -0.05) is 37.3 Å². The number of rotatable bonds is 8. The minimum atomic E-state index is -0.159. The SMILES string of the molecule is CCCOc1cc(/C=N\NC(=O)Cc2ccccc2)ccc1OC. The van der Waals surface area contributed by atoms with Crippen molar-refractivity contribution in [1.29, 1.82) is 0 Å². The molecule has 5 nitrogen and oxygen atoms in total. The number of amides is 1. The van der Waals surface area contributed by atoms with Gasteiger partial charge in [0.05, 0.1) is 26.4 Å². The smallest absolute Gasteiger partial charge is 0.244 e. The molecule has 24 heavy (non-hydrogen) atoms. The first-order valence-corrected chi connectivity index (χ1v) is 7.89. The van der Waals surface area contributed by atoms with E-state index in [2.05, 4.69) is 10.5 Å². The Hall–Kier alpha value is -2.82. The molecule has 2 aromatic rings. The Balaban J connectivity index is 1.94. The van der Waals surface area contributed by atoms with E-state index in [0.717, 1.165) is 17.5 Å². The van der Waals surface area contributed by atoms with Crippen LogP contribution in [0.4, 0.5) is 0 Å². The van der Waals surface area contributed by atoms with E-state index in [1.165, 1.54) is 0 Å². The summed E-state index contributed by atoms with van der Waals surface area (Å²) in [5.41, 5.74) is 4.30. The van der Waals surface area contributed by atoms with E-state index in [-0.39, 0.29) is 5.91 Å². The van der Waals surface area contributed by atoms with Gasteiger partial charge in [-0.25, -0.2) is 5.43 Å². The lowest BCUT2D eigenvalue weighted by Crippen LogP contribution is -2.19. The zero-order chi connectivity index (χ0) is 17.2. The number of benzene rings is 2. The van der Waals surface area contributed by atoms with Gasteiger partial charge in [0.1, 0.15) is 0 Å². The van der Waals surface area contributed by atoms with Gasteiger partial charge >= 0.3 is 0 Å². The zero-order valence-corrected chi connectivity index (χ0v) is 14.0. The number of hydrogen-bond acceptors (Lipinski definition) is 4. The van der Waals surface area contributed by atoms with Crippen molar-refractivity contribution in [1.82, 2.24) is 5.43 Å². The van der Waals surface area contributed by atoms with E-state index in [9.17, 15) is 4.79 Å². The second kappa shape index (κ2) is 9.35. The topological polar surface area (TPSA) is 59.9 Å². The van der Waals surface area contributed by atoms with Gasteiger partial charge in [-0.15, -0.1) is 0 Å². The van der Waals surface area contributed by atoms with Gasteiger partial charge in [0.2, 0.25) is 5.91 Å². The van der Waals surface area contributed by atoms with Gasteiger partial charge in [-0.2, -0.15) is 5.10 Å². The third kappa shape index (κ3) is 5.43. The minimum absolute atomic E-state index is 0.159. The molecule has 0 aliphatic carbocycles. The third-order valence-electron chi connectivity index (χ3n) is 3.26. The van der Waals surface area contributed by atoms with Crippen molar-refractivity contribution in [2.45, 2.75) is 19.8 Å². The van der Waals surface area contributed by atoms with E-state index < -0.39 is 0 Å². The molecule has 0 aliphatic heterocycles. The van der Waals surface area contributed by atoms with E-state index in [1.54, 1.807) is 13.3 Å². The maximum Gasteiger partial charge on any atom is 0.244 e. The van der Waals surface area contributed by atoms with Gasteiger partial charge in [0.15, 0.2) is 11.5 Å². The molecule has 0 spiro atoms. The molecule has 2 rings (SSSR count). The number of hydrazone groups is 1. The summed E-state index contributed by atoms with van der Waals surface area (Å²) < 4.78 is 10.9. The van der Waals surface area contributed by atoms with E-state index in [4.69, 9.17) is 9.47 Å². The average molecular weight is 326 g/mol. The lowest BCUT2D eigenvalue weighted by molar-refractivity contribution is -0.120. The van der Waals surface area contributed by atoms with Crippen molar-refractivity contribution in [3.05, 3.63) is 59.7 Å². The molecule has 0 unspecified atom stereocenters. The predicted octanol–water partition coefficient (Wildman–Crippen LogP) is 3.18. The highest BCUT2D eigenvalue weighted by molar-refractivity contribution is 5.84.